The second-order valence-corrected chi connectivity index (χ2v) is 9.55. The smallest absolute Gasteiger partial charge is 0.187 e. The zero-order valence-electron chi connectivity index (χ0n) is 19.7. The summed E-state index contributed by atoms with van der Waals surface area (Å²) in [5.74, 6) is 0. The van der Waals surface area contributed by atoms with Crippen molar-refractivity contribution >= 4 is 44.9 Å². The lowest BCUT2D eigenvalue weighted by atomic mass is 10.1. The van der Waals surface area contributed by atoms with Gasteiger partial charge in [-0.05, 0) is 56.1 Å². The number of hydrogen-bond acceptors (Lipinski definition) is 7. The van der Waals surface area contributed by atoms with Crippen molar-refractivity contribution in [3.05, 3.63) is 97.0 Å². The first kappa shape index (κ1) is 22.6. The molecule has 0 aliphatic heterocycles. The Kier molecular flexibility index (Phi) is 6.22. The van der Waals surface area contributed by atoms with E-state index in [0.717, 1.165) is 50.5 Å². The number of para-hydroxylation sites is 2. The molecule has 5 aromatic rings. The Hall–Kier alpha value is -4.14. The number of fused-ring (bicyclic) bond motifs is 1. The van der Waals surface area contributed by atoms with Gasteiger partial charge >= 0.3 is 0 Å². The molecule has 0 saturated carbocycles. The lowest BCUT2D eigenvalue weighted by molar-refractivity contribution is 0.395. The van der Waals surface area contributed by atoms with Gasteiger partial charge in [-0.25, -0.2) is 9.97 Å². The fourth-order valence-corrected chi connectivity index (χ4v) is 4.74. The van der Waals surface area contributed by atoms with Crippen molar-refractivity contribution in [3.63, 3.8) is 0 Å². The van der Waals surface area contributed by atoms with E-state index < -0.39 is 0 Å². The quantitative estimate of drug-likeness (QED) is 0.238. The van der Waals surface area contributed by atoms with Gasteiger partial charge in [-0.3, -0.25) is 4.40 Å². The van der Waals surface area contributed by atoms with Crippen LogP contribution in [-0.4, -0.2) is 33.4 Å². The van der Waals surface area contributed by atoms with Crippen LogP contribution < -0.4 is 16.4 Å². The SMILES string of the molecule is C=C(Nc1ccccc1N)c1ccc(Nc2ncc(-c3cnc4cccc(CN(C)C)n34)s2)cc1. The first-order valence-corrected chi connectivity index (χ1v) is 12.0. The van der Waals surface area contributed by atoms with E-state index in [-0.39, 0.29) is 0 Å². The zero-order chi connectivity index (χ0) is 24.4. The van der Waals surface area contributed by atoms with Gasteiger partial charge in [0.1, 0.15) is 5.65 Å². The molecule has 3 heterocycles. The van der Waals surface area contributed by atoms with Crippen LogP contribution in [0.15, 0.2) is 85.7 Å². The summed E-state index contributed by atoms with van der Waals surface area (Å²) in [5.41, 5.74) is 13.4. The minimum absolute atomic E-state index is 0.686. The van der Waals surface area contributed by atoms with Crippen molar-refractivity contribution in [2.24, 2.45) is 0 Å². The topological polar surface area (TPSA) is 83.5 Å². The van der Waals surface area contributed by atoms with Crippen LogP contribution in [0.3, 0.4) is 0 Å². The molecule has 5 rings (SSSR count). The Labute approximate surface area is 208 Å². The average molecular weight is 482 g/mol. The van der Waals surface area contributed by atoms with Crippen LogP contribution in [0.25, 0.3) is 21.9 Å². The van der Waals surface area contributed by atoms with Crippen LogP contribution in [0.5, 0.6) is 0 Å². The number of thiazole rings is 1. The number of pyridine rings is 1. The molecule has 7 nitrogen and oxygen atoms in total. The van der Waals surface area contributed by atoms with Gasteiger partial charge in [0.05, 0.1) is 28.1 Å². The molecule has 2 aromatic carbocycles. The van der Waals surface area contributed by atoms with Crippen LogP contribution in [0.2, 0.25) is 0 Å². The molecule has 8 heteroatoms. The third-order valence-corrected chi connectivity index (χ3v) is 6.51. The third kappa shape index (κ3) is 4.89. The Balaban J connectivity index is 1.32. The number of rotatable bonds is 8. The van der Waals surface area contributed by atoms with Gasteiger partial charge in [-0.2, -0.15) is 0 Å². The summed E-state index contributed by atoms with van der Waals surface area (Å²) in [6.45, 7) is 4.98. The fraction of sp³-hybridized carbons (Fsp3) is 0.111. The second-order valence-electron chi connectivity index (χ2n) is 8.51. The van der Waals surface area contributed by atoms with Crippen LogP contribution >= 0.6 is 11.3 Å². The maximum Gasteiger partial charge on any atom is 0.187 e. The molecule has 0 aliphatic rings. The van der Waals surface area contributed by atoms with Crippen LogP contribution in [0, 0.1) is 0 Å². The summed E-state index contributed by atoms with van der Waals surface area (Å²) in [6, 6.07) is 21.9. The van der Waals surface area contributed by atoms with Gasteiger partial charge in [0.2, 0.25) is 0 Å². The normalized spacial score (nSPS) is 11.2. The summed E-state index contributed by atoms with van der Waals surface area (Å²) >= 11 is 1.60. The van der Waals surface area contributed by atoms with Crippen molar-refractivity contribution in [1.29, 1.82) is 0 Å². The van der Waals surface area contributed by atoms with Gasteiger partial charge in [-0.1, -0.05) is 48.2 Å². The fourth-order valence-electron chi connectivity index (χ4n) is 3.90. The van der Waals surface area contributed by atoms with Crippen molar-refractivity contribution in [2.75, 3.05) is 30.5 Å². The number of nitrogens with one attached hydrogen (secondary N) is 2. The van der Waals surface area contributed by atoms with E-state index in [1.165, 1.54) is 5.69 Å². The molecule has 176 valence electrons. The Morgan fingerprint density at radius 1 is 1.00 bits per heavy atom. The first-order valence-electron chi connectivity index (χ1n) is 11.2. The summed E-state index contributed by atoms with van der Waals surface area (Å²) in [6.07, 6.45) is 3.81. The molecular formula is C27H27N7S. The number of nitrogens with zero attached hydrogens (tertiary/aromatic N) is 4. The van der Waals surface area contributed by atoms with E-state index in [4.69, 9.17) is 5.73 Å². The molecule has 0 fully saturated rings. The molecule has 0 spiro atoms. The molecule has 3 aromatic heterocycles. The molecular weight excluding hydrogens is 454 g/mol. The Morgan fingerprint density at radius 3 is 2.57 bits per heavy atom. The molecule has 0 unspecified atom stereocenters. The highest BCUT2D eigenvalue weighted by Crippen LogP contribution is 2.32. The first-order chi connectivity index (χ1) is 17.0. The number of aromatic nitrogens is 3. The largest absolute Gasteiger partial charge is 0.397 e. The van der Waals surface area contributed by atoms with Gasteiger partial charge in [0, 0.05) is 29.8 Å². The maximum absolute atomic E-state index is 6.03. The van der Waals surface area contributed by atoms with E-state index >= 15 is 0 Å². The Bertz CT molecular complexity index is 1480. The average Bonchev–Trinajstić information content (AvgIpc) is 3.48. The summed E-state index contributed by atoms with van der Waals surface area (Å²) in [5, 5.41) is 7.51. The summed E-state index contributed by atoms with van der Waals surface area (Å²) < 4.78 is 2.20. The van der Waals surface area contributed by atoms with E-state index in [0.29, 0.717) is 5.69 Å². The highest BCUT2D eigenvalue weighted by molar-refractivity contribution is 7.18. The highest BCUT2D eigenvalue weighted by Gasteiger charge is 2.13. The molecule has 4 N–H and O–H groups in total. The van der Waals surface area contributed by atoms with Gasteiger partial charge in [0.25, 0.3) is 0 Å². The Morgan fingerprint density at radius 2 is 1.80 bits per heavy atom. The van der Waals surface area contributed by atoms with E-state index in [2.05, 4.69) is 56.6 Å². The van der Waals surface area contributed by atoms with Crippen molar-refractivity contribution in [2.45, 2.75) is 6.54 Å². The second kappa shape index (κ2) is 9.61. The number of imidazole rings is 1. The molecule has 0 atom stereocenters. The molecule has 0 amide bonds. The molecule has 0 aliphatic carbocycles. The van der Waals surface area contributed by atoms with Crippen LogP contribution in [0.4, 0.5) is 22.2 Å². The highest BCUT2D eigenvalue weighted by atomic mass is 32.1. The monoisotopic (exact) mass is 481 g/mol. The predicted molar refractivity (Wildman–Crippen MR) is 147 cm³/mol. The standard InChI is InChI=1S/C27H27N7S/c1-18(31-23-9-5-4-8-22(23)28)19-11-13-20(14-12-19)32-27-30-16-25(35-27)24-15-29-26-10-6-7-21(34(24)26)17-33(2)3/h4-16,31H,1,17,28H2,2-3H3,(H,30,32). The van der Waals surface area contributed by atoms with Crippen molar-refractivity contribution < 1.29 is 0 Å². The van der Waals surface area contributed by atoms with Crippen molar-refractivity contribution in [1.82, 2.24) is 19.3 Å². The lowest BCUT2D eigenvalue weighted by Gasteiger charge is -2.13. The number of anilines is 4. The van der Waals surface area contributed by atoms with Crippen LogP contribution in [-0.2, 0) is 6.54 Å². The minimum Gasteiger partial charge on any atom is -0.397 e. The van der Waals surface area contributed by atoms with Gasteiger partial charge in [0.15, 0.2) is 5.13 Å². The maximum atomic E-state index is 6.03. The van der Waals surface area contributed by atoms with Gasteiger partial charge in [-0.15, -0.1) is 0 Å². The lowest BCUT2D eigenvalue weighted by Crippen LogP contribution is -2.13. The zero-order valence-corrected chi connectivity index (χ0v) is 20.5. The van der Waals surface area contributed by atoms with Gasteiger partial charge < -0.3 is 21.3 Å². The minimum atomic E-state index is 0.686. The van der Waals surface area contributed by atoms with E-state index in [9.17, 15) is 0 Å². The number of benzene rings is 2. The molecule has 0 saturated heterocycles. The molecule has 0 bridgehead atoms. The summed E-state index contributed by atoms with van der Waals surface area (Å²) in [4.78, 5) is 12.4. The molecule has 0 radical (unpaired) electrons. The number of nitrogens with two attached hydrogens (primary N) is 1. The number of hydrogen-bond donors (Lipinski definition) is 3. The third-order valence-electron chi connectivity index (χ3n) is 5.58. The van der Waals surface area contributed by atoms with E-state index in [1.54, 1.807) is 11.3 Å². The number of nitrogen functional groups attached to an aromatic ring is 1. The summed E-state index contributed by atoms with van der Waals surface area (Å²) in [7, 11) is 4.13. The molecule has 35 heavy (non-hydrogen) atoms. The van der Waals surface area contributed by atoms with E-state index in [1.807, 2.05) is 73.1 Å². The predicted octanol–water partition coefficient (Wildman–Crippen LogP) is 5.93. The van der Waals surface area contributed by atoms with Crippen LogP contribution in [0.1, 0.15) is 11.3 Å². The van der Waals surface area contributed by atoms with Crippen molar-refractivity contribution in [3.8, 4) is 10.6 Å².